The van der Waals surface area contributed by atoms with Crippen molar-refractivity contribution in [2.45, 2.75) is 51.8 Å². The molecule has 1 aromatic heterocycles. The van der Waals surface area contributed by atoms with Crippen LogP contribution in [0.5, 0.6) is 0 Å². The summed E-state index contributed by atoms with van der Waals surface area (Å²) in [6, 6.07) is 6.11. The molecule has 3 rings (SSSR count). The molecule has 0 spiro atoms. The lowest BCUT2D eigenvalue weighted by atomic mass is 10.1. The smallest absolute Gasteiger partial charge is 0.407 e. The first kappa shape index (κ1) is 21.8. The Hall–Kier alpha value is -1.93. The van der Waals surface area contributed by atoms with E-state index in [-0.39, 0.29) is 29.1 Å². The van der Waals surface area contributed by atoms with Crippen LogP contribution in [0.1, 0.15) is 33.6 Å². The molecule has 1 N–H and O–H groups in total. The van der Waals surface area contributed by atoms with Gasteiger partial charge in [0.2, 0.25) is 0 Å². The molecule has 1 amide bonds. The number of alkyl carbamates (subject to hydrolysis) is 1. The van der Waals surface area contributed by atoms with Gasteiger partial charge in [-0.2, -0.15) is 0 Å². The van der Waals surface area contributed by atoms with Gasteiger partial charge in [0.15, 0.2) is 0 Å². The second kappa shape index (κ2) is 8.83. The van der Waals surface area contributed by atoms with Gasteiger partial charge in [-0.25, -0.2) is 9.18 Å². The third-order valence-electron chi connectivity index (χ3n) is 4.95. The van der Waals surface area contributed by atoms with Crippen molar-refractivity contribution in [3.8, 4) is 0 Å². The highest BCUT2D eigenvalue weighted by atomic mass is 79.9. The van der Waals surface area contributed by atoms with Crippen LogP contribution in [0.4, 0.5) is 9.18 Å². The second-order valence-corrected chi connectivity index (χ2v) is 9.38. The van der Waals surface area contributed by atoms with Crippen molar-refractivity contribution in [2.24, 2.45) is 0 Å². The third kappa shape index (κ3) is 5.79. The van der Waals surface area contributed by atoms with Crippen LogP contribution < -0.4 is 10.9 Å². The highest BCUT2D eigenvalue weighted by Crippen LogP contribution is 2.22. The Balaban J connectivity index is 1.58. The van der Waals surface area contributed by atoms with Gasteiger partial charge >= 0.3 is 6.09 Å². The Labute approximate surface area is 178 Å². The monoisotopic (exact) mass is 467 g/mol. The Kier molecular flexibility index (Phi) is 6.63. The Morgan fingerprint density at radius 1 is 1.24 bits per heavy atom. The zero-order chi connectivity index (χ0) is 21.2. The van der Waals surface area contributed by atoms with E-state index in [1.165, 1.54) is 18.2 Å². The molecule has 6 nitrogen and oxygen atoms in total. The molecule has 0 aliphatic carbocycles. The quantitative estimate of drug-likeness (QED) is 0.740. The van der Waals surface area contributed by atoms with E-state index in [0.29, 0.717) is 28.5 Å². The molecule has 1 saturated heterocycles. The molecule has 2 aromatic rings. The highest BCUT2D eigenvalue weighted by molar-refractivity contribution is 9.10. The zero-order valence-corrected chi connectivity index (χ0v) is 18.6. The molecule has 0 unspecified atom stereocenters. The Morgan fingerprint density at radius 2 is 1.93 bits per heavy atom. The first-order valence-corrected chi connectivity index (χ1v) is 10.6. The van der Waals surface area contributed by atoms with Crippen LogP contribution in [-0.2, 0) is 11.3 Å². The molecule has 2 heterocycles. The second-order valence-electron chi connectivity index (χ2n) is 8.46. The fourth-order valence-electron chi connectivity index (χ4n) is 3.53. The van der Waals surface area contributed by atoms with Crippen LogP contribution in [0.2, 0.25) is 0 Å². The summed E-state index contributed by atoms with van der Waals surface area (Å²) < 4.78 is 21.9. The van der Waals surface area contributed by atoms with Gasteiger partial charge in [-0.3, -0.25) is 4.79 Å². The number of carbonyl (C=O) groups excluding carboxylic acids is 1. The number of aromatic nitrogens is 1. The van der Waals surface area contributed by atoms with E-state index < -0.39 is 0 Å². The van der Waals surface area contributed by atoms with E-state index in [4.69, 9.17) is 4.74 Å². The summed E-state index contributed by atoms with van der Waals surface area (Å²) in [5, 5.41) is 3.24. The fourth-order valence-corrected chi connectivity index (χ4v) is 3.95. The van der Waals surface area contributed by atoms with E-state index in [2.05, 4.69) is 26.1 Å². The topological polar surface area (TPSA) is 63.6 Å². The number of hydrogen-bond acceptors (Lipinski definition) is 4. The number of carbonyl (C=O) groups is 1. The number of amides is 1. The van der Waals surface area contributed by atoms with Crippen molar-refractivity contribution >= 4 is 32.9 Å². The van der Waals surface area contributed by atoms with Crippen molar-refractivity contribution in [3.05, 3.63) is 44.9 Å². The maximum absolute atomic E-state index is 14.2. The van der Waals surface area contributed by atoms with Gasteiger partial charge in [0.25, 0.3) is 5.56 Å². The van der Waals surface area contributed by atoms with E-state index in [9.17, 15) is 14.0 Å². The molecule has 1 aromatic carbocycles. The molecule has 1 aliphatic heterocycles. The van der Waals surface area contributed by atoms with Gasteiger partial charge in [0.1, 0.15) is 11.9 Å². The molecular weight excluding hydrogens is 441 g/mol. The summed E-state index contributed by atoms with van der Waals surface area (Å²) in [7, 11) is 0. The number of hydrogen-bond donors (Lipinski definition) is 1. The SMILES string of the molecule is CC(C)(C)NC(=O)OC1CCN(CCn2c(=O)ccc3c(F)cc(Br)cc32)CC1. The van der Waals surface area contributed by atoms with Crippen LogP contribution in [0.3, 0.4) is 0 Å². The van der Waals surface area contributed by atoms with Crippen molar-refractivity contribution in [1.82, 2.24) is 14.8 Å². The van der Waals surface area contributed by atoms with E-state index in [1.807, 2.05) is 20.8 Å². The molecule has 0 bridgehead atoms. The fraction of sp³-hybridized carbons (Fsp3) is 0.524. The minimum absolute atomic E-state index is 0.0982. The largest absolute Gasteiger partial charge is 0.446 e. The van der Waals surface area contributed by atoms with Crippen molar-refractivity contribution < 1.29 is 13.9 Å². The maximum atomic E-state index is 14.2. The minimum atomic E-state index is -0.383. The van der Waals surface area contributed by atoms with Gasteiger partial charge in [-0.05, 0) is 51.8 Å². The molecule has 0 saturated carbocycles. The zero-order valence-electron chi connectivity index (χ0n) is 17.0. The van der Waals surface area contributed by atoms with Crippen LogP contribution in [0.25, 0.3) is 10.9 Å². The lowest BCUT2D eigenvalue weighted by molar-refractivity contribution is 0.0464. The molecule has 158 valence electrons. The van der Waals surface area contributed by atoms with Crippen molar-refractivity contribution in [1.29, 1.82) is 0 Å². The normalized spacial score (nSPS) is 16.2. The first-order valence-electron chi connectivity index (χ1n) is 9.82. The number of likely N-dealkylation sites (tertiary alicyclic amines) is 1. The minimum Gasteiger partial charge on any atom is -0.446 e. The Morgan fingerprint density at radius 3 is 2.59 bits per heavy atom. The van der Waals surface area contributed by atoms with Crippen molar-refractivity contribution in [3.63, 3.8) is 0 Å². The first-order chi connectivity index (χ1) is 13.6. The molecule has 1 aliphatic rings. The number of halogens is 2. The average Bonchev–Trinajstić information content (AvgIpc) is 2.60. The molecular formula is C21H27BrFN3O3. The van der Waals surface area contributed by atoms with Crippen LogP contribution in [-0.4, -0.2) is 46.8 Å². The van der Waals surface area contributed by atoms with Crippen LogP contribution in [0.15, 0.2) is 33.5 Å². The van der Waals surface area contributed by atoms with Gasteiger partial charge < -0.3 is 19.5 Å². The number of nitrogens with one attached hydrogen (secondary N) is 1. The molecule has 8 heteroatoms. The maximum Gasteiger partial charge on any atom is 0.407 e. The number of nitrogens with zero attached hydrogens (tertiary/aromatic N) is 2. The number of piperidine rings is 1. The predicted octanol–water partition coefficient (Wildman–Crippen LogP) is 3.89. The van der Waals surface area contributed by atoms with E-state index in [1.54, 1.807) is 10.6 Å². The van der Waals surface area contributed by atoms with Crippen LogP contribution in [0, 0.1) is 5.82 Å². The lowest BCUT2D eigenvalue weighted by Gasteiger charge is -2.32. The molecule has 29 heavy (non-hydrogen) atoms. The highest BCUT2D eigenvalue weighted by Gasteiger charge is 2.24. The average molecular weight is 468 g/mol. The molecule has 1 fully saturated rings. The summed E-state index contributed by atoms with van der Waals surface area (Å²) in [5.41, 5.74) is 0.117. The summed E-state index contributed by atoms with van der Waals surface area (Å²) in [5.74, 6) is -0.352. The van der Waals surface area contributed by atoms with Crippen LogP contribution >= 0.6 is 15.9 Å². The molecule has 0 atom stereocenters. The number of benzene rings is 1. The number of ether oxygens (including phenoxy) is 1. The van der Waals surface area contributed by atoms with E-state index >= 15 is 0 Å². The summed E-state index contributed by atoms with van der Waals surface area (Å²) in [6.45, 7) is 8.45. The summed E-state index contributed by atoms with van der Waals surface area (Å²) >= 11 is 3.30. The number of rotatable bonds is 4. The molecule has 0 radical (unpaired) electrons. The summed E-state index contributed by atoms with van der Waals surface area (Å²) in [6.07, 6.45) is 1.02. The van der Waals surface area contributed by atoms with E-state index in [0.717, 1.165) is 25.9 Å². The number of pyridine rings is 1. The predicted molar refractivity (Wildman–Crippen MR) is 115 cm³/mol. The van der Waals surface area contributed by atoms with Gasteiger partial charge in [0.05, 0.1) is 5.52 Å². The van der Waals surface area contributed by atoms with Gasteiger partial charge in [-0.15, -0.1) is 0 Å². The number of fused-ring (bicyclic) bond motifs is 1. The third-order valence-corrected chi connectivity index (χ3v) is 5.40. The lowest BCUT2D eigenvalue weighted by Crippen LogP contribution is -2.45. The van der Waals surface area contributed by atoms with Gasteiger partial charge in [0, 0.05) is 47.6 Å². The van der Waals surface area contributed by atoms with Crippen molar-refractivity contribution in [2.75, 3.05) is 19.6 Å². The standard InChI is InChI=1S/C21H27BrFN3O3/c1-21(2,3)24-20(28)29-15-6-8-25(9-7-15)10-11-26-18-13-14(22)12-17(23)16(18)4-5-19(26)27/h4-5,12-13,15H,6-11H2,1-3H3,(H,24,28). The summed E-state index contributed by atoms with van der Waals surface area (Å²) in [4.78, 5) is 26.5. The Bertz CT molecular complexity index is 947. The van der Waals surface area contributed by atoms with Gasteiger partial charge in [-0.1, -0.05) is 15.9 Å².